The van der Waals surface area contributed by atoms with Crippen LogP contribution in [0.25, 0.3) is 16.9 Å². The Morgan fingerprint density at radius 2 is 1.74 bits per heavy atom. The molecular formula is C18H15ClN2O2. The summed E-state index contributed by atoms with van der Waals surface area (Å²) >= 11 is 6.48. The number of aromatic nitrogens is 2. The monoisotopic (exact) mass is 326 g/mol. The fraction of sp³-hybridized carbons (Fsp3) is 0.111. The van der Waals surface area contributed by atoms with Crippen molar-refractivity contribution in [3.05, 3.63) is 70.9 Å². The van der Waals surface area contributed by atoms with E-state index in [-0.39, 0.29) is 10.7 Å². The first-order valence-corrected chi connectivity index (χ1v) is 7.49. The van der Waals surface area contributed by atoms with Gasteiger partial charge in [-0.3, -0.25) is 0 Å². The highest BCUT2D eigenvalue weighted by atomic mass is 35.5. The van der Waals surface area contributed by atoms with Crippen LogP contribution in [0.5, 0.6) is 0 Å². The topological polar surface area (TPSA) is 44.1 Å². The molecule has 0 spiro atoms. The molecule has 116 valence electrons. The van der Waals surface area contributed by atoms with E-state index in [0.29, 0.717) is 5.69 Å². The largest absolute Gasteiger partial charge is 0.464 e. The van der Waals surface area contributed by atoms with E-state index in [2.05, 4.69) is 5.10 Å². The predicted octanol–water partition coefficient (Wildman–Crippen LogP) is 4.29. The van der Waals surface area contributed by atoms with Crippen LogP contribution in [0, 0.1) is 6.92 Å². The minimum absolute atomic E-state index is 0.108. The fourth-order valence-electron chi connectivity index (χ4n) is 2.45. The number of hydrogen-bond acceptors (Lipinski definition) is 3. The lowest BCUT2D eigenvalue weighted by Gasteiger charge is -2.10. The summed E-state index contributed by atoms with van der Waals surface area (Å²) in [5, 5.41) is 4.67. The molecule has 23 heavy (non-hydrogen) atoms. The molecule has 0 unspecified atom stereocenters. The number of nitrogens with zero attached hydrogens (tertiary/aromatic N) is 2. The zero-order valence-corrected chi connectivity index (χ0v) is 13.5. The quantitative estimate of drug-likeness (QED) is 0.674. The standard InChI is InChI=1S/C18H15ClN2O2/c1-12-8-6-7-11-14(12)17-15(19)16(18(22)23-2)20-21(17)13-9-4-3-5-10-13/h3-11H,1-2H3. The molecular weight excluding hydrogens is 312 g/mol. The van der Waals surface area contributed by atoms with Gasteiger partial charge in [0.1, 0.15) is 5.02 Å². The lowest BCUT2D eigenvalue weighted by molar-refractivity contribution is 0.0593. The molecule has 0 amide bonds. The number of ether oxygens (including phenoxy) is 1. The van der Waals surface area contributed by atoms with E-state index in [1.807, 2.05) is 61.5 Å². The maximum atomic E-state index is 12.0. The lowest BCUT2D eigenvalue weighted by atomic mass is 10.1. The lowest BCUT2D eigenvalue weighted by Crippen LogP contribution is -2.04. The summed E-state index contributed by atoms with van der Waals surface area (Å²) in [5.41, 5.74) is 3.57. The Morgan fingerprint density at radius 3 is 2.39 bits per heavy atom. The Morgan fingerprint density at radius 1 is 1.09 bits per heavy atom. The van der Waals surface area contributed by atoms with Gasteiger partial charge in [0.25, 0.3) is 0 Å². The summed E-state index contributed by atoms with van der Waals surface area (Å²) in [6.45, 7) is 1.99. The number of methoxy groups -OCH3 is 1. The van der Waals surface area contributed by atoms with Crippen LogP contribution in [-0.4, -0.2) is 22.9 Å². The van der Waals surface area contributed by atoms with Gasteiger partial charge in [-0.2, -0.15) is 5.10 Å². The Hall–Kier alpha value is -2.59. The molecule has 3 aromatic rings. The minimum Gasteiger partial charge on any atom is -0.464 e. The average Bonchev–Trinajstić information content (AvgIpc) is 2.93. The van der Waals surface area contributed by atoms with Crippen LogP contribution in [0.2, 0.25) is 5.02 Å². The highest BCUT2D eigenvalue weighted by Crippen LogP contribution is 2.35. The maximum Gasteiger partial charge on any atom is 0.360 e. The summed E-state index contributed by atoms with van der Waals surface area (Å²) in [6.07, 6.45) is 0. The van der Waals surface area contributed by atoms with Crippen LogP contribution >= 0.6 is 11.6 Å². The summed E-state index contributed by atoms with van der Waals surface area (Å²) in [7, 11) is 1.31. The Bertz CT molecular complexity index is 857. The van der Waals surface area contributed by atoms with Gasteiger partial charge >= 0.3 is 5.97 Å². The number of esters is 1. The van der Waals surface area contributed by atoms with Crippen molar-refractivity contribution in [3.8, 4) is 16.9 Å². The molecule has 0 saturated heterocycles. The highest BCUT2D eigenvalue weighted by Gasteiger charge is 2.24. The number of para-hydroxylation sites is 1. The zero-order chi connectivity index (χ0) is 16.4. The number of hydrogen-bond donors (Lipinski definition) is 0. The molecule has 0 N–H and O–H groups in total. The molecule has 0 aliphatic heterocycles. The van der Waals surface area contributed by atoms with E-state index >= 15 is 0 Å². The molecule has 5 heteroatoms. The zero-order valence-electron chi connectivity index (χ0n) is 12.8. The molecule has 0 radical (unpaired) electrons. The molecule has 0 atom stereocenters. The number of halogens is 1. The summed E-state index contributed by atoms with van der Waals surface area (Å²) in [5.74, 6) is -0.556. The molecule has 4 nitrogen and oxygen atoms in total. The van der Waals surface area contributed by atoms with E-state index in [1.54, 1.807) is 4.68 Å². The van der Waals surface area contributed by atoms with Gasteiger partial charge in [0.2, 0.25) is 0 Å². The molecule has 0 bridgehead atoms. The van der Waals surface area contributed by atoms with Crippen molar-refractivity contribution < 1.29 is 9.53 Å². The van der Waals surface area contributed by atoms with E-state index in [1.165, 1.54) is 7.11 Å². The van der Waals surface area contributed by atoms with Gasteiger partial charge in [-0.05, 0) is 24.6 Å². The third-order valence-electron chi connectivity index (χ3n) is 3.61. The summed E-state index contributed by atoms with van der Waals surface area (Å²) < 4.78 is 6.47. The van der Waals surface area contributed by atoms with Gasteiger partial charge < -0.3 is 4.74 Å². The first kappa shape index (κ1) is 15.3. The van der Waals surface area contributed by atoms with Gasteiger partial charge in [-0.1, -0.05) is 54.1 Å². The van der Waals surface area contributed by atoms with Crippen molar-refractivity contribution in [1.82, 2.24) is 9.78 Å². The third-order valence-corrected chi connectivity index (χ3v) is 3.97. The molecule has 0 aliphatic carbocycles. The fourth-order valence-corrected chi connectivity index (χ4v) is 2.75. The number of carbonyl (C=O) groups excluding carboxylic acids is 1. The molecule has 3 rings (SSSR count). The van der Waals surface area contributed by atoms with Crippen molar-refractivity contribution >= 4 is 17.6 Å². The smallest absolute Gasteiger partial charge is 0.360 e. The number of rotatable bonds is 3. The van der Waals surface area contributed by atoms with E-state index < -0.39 is 5.97 Å². The summed E-state index contributed by atoms with van der Waals surface area (Å²) in [6, 6.07) is 17.4. The Labute approximate surface area is 139 Å². The van der Waals surface area contributed by atoms with Crippen molar-refractivity contribution in [2.24, 2.45) is 0 Å². The second-order valence-corrected chi connectivity index (χ2v) is 5.44. The minimum atomic E-state index is -0.556. The van der Waals surface area contributed by atoms with Gasteiger partial charge in [0.05, 0.1) is 18.5 Å². The van der Waals surface area contributed by atoms with Crippen LogP contribution < -0.4 is 0 Å². The van der Waals surface area contributed by atoms with Crippen LogP contribution in [0.1, 0.15) is 16.1 Å². The average molecular weight is 327 g/mol. The second-order valence-electron chi connectivity index (χ2n) is 5.07. The Kier molecular flexibility index (Phi) is 4.17. The normalized spacial score (nSPS) is 10.6. The summed E-state index contributed by atoms with van der Waals surface area (Å²) in [4.78, 5) is 12.0. The van der Waals surface area contributed by atoms with Crippen LogP contribution in [-0.2, 0) is 4.74 Å². The molecule has 0 aliphatic rings. The van der Waals surface area contributed by atoms with Gasteiger partial charge in [0, 0.05) is 5.56 Å². The predicted molar refractivity (Wildman–Crippen MR) is 90.1 cm³/mol. The number of carbonyl (C=O) groups is 1. The van der Waals surface area contributed by atoms with Crippen LogP contribution in [0.3, 0.4) is 0 Å². The molecule has 1 heterocycles. The van der Waals surface area contributed by atoms with Crippen LogP contribution in [0.4, 0.5) is 0 Å². The van der Waals surface area contributed by atoms with E-state index in [0.717, 1.165) is 16.8 Å². The van der Waals surface area contributed by atoms with Crippen molar-refractivity contribution in [1.29, 1.82) is 0 Å². The van der Waals surface area contributed by atoms with E-state index in [9.17, 15) is 4.79 Å². The van der Waals surface area contributed by atoms with Crippen molar-refractivity contribution in [3.63, 3.8) is 0 Å². The number of aryl methyl sites for hydroxylation is 1. The van der Waals surface area contributed by atoms with Crippen molar-refractivity contribution in [2.45, 2.75) is 6.92 Å². The Balaban J connectivity index is 2.31. The third kappa shape index (κ3) is 2.73. The van der Waals surface area contributed by atoms with Crippen molar-refractivity contribution in [2.75, 3.05) is 7.11 Å². The van der Waals surface area contributed by atoms with Gasteiger partial charge in [-0.15, -0.1) is 0 Å². The molecule has 0 fully saturated rings. The maximum absolute atomic E-state index is 12.0. The molecule has 1 aromatic heterocycles. The first-order chi connectivity index (χ1) is 11.1. The number of benzene rings is 2. The first-order valence-electron chi connectivity index (χ1n) is 7.11. The second kappa shape index (κ2) is 6.26. The van der Waals surface area contributed by atoms with Gasteiger partial charge in [-0.25, -0.2) is 9.48 Å². The van der Waals surface area contributed by atoms with Gasteiger partial charge in [0.15, 0.2) is 5.69 Å². The molecule has 2 aromatic carbocycles. The SMILES string of the molecule is COC(=O)c1nn(-c2ccccc2)c(-c2ccccc2C)c1Cl. The molecule has 0 saturated carbocycles. The van der Waals surface area contributed by atoms with E-state index in [4.69, 9.17) is 16.3 Å². The van der Waals surface area contributed by atoms with Crippen LogP contribution in [0.15, 0.2) is 54.6 Å². The highest BCUT2D eigenvalue weighted by molar-refractivity contribution is 6.36.